The summed E-state index contributed by atoms with van der Waals surface area (Å²) in [5.74, 6) is 1.87. The summed E-state index contributed by atoms with van der Waals surface area (Å²) in [6, 6.07) is 5.85. The Morgan fingerprint density at radius 1 is 1.12 bits per heavy atom. The number of benzene rings is 1. The zero-order valence-corrected chi connectivity index (χ0v) is 9.09. The second-order valence-corrected chi connectivity index (χ2v) is 4.33. The fourth-order valence-corrected chi connectivity index (χ4v) is 2.40. The van der Waals surface area contributed by atoms with Crippen molar-refractivity contribution < 1.29 is 19.0 Å². The van der Waals surface area contributed by atoms with Crippen LogP contribution in [-0.4, -0.2) is 25.7 Å². The summed E-state index contributed by atoms with van der Waals surface area (Å²) in [6.07, 6.45) is -0.1000. The highest BCUT2D eigenvalue weighted by Gasteiger charge is 2.39. The molecule has 17 heavy (non-hydrogen) atoms. The van der Waals surface area contributed by atoms with E-state index in [1.165, 1.54) is 0 Å². The molecule has 3 aliphatic rings. The van der Waals surface area contributed by atoms with Gasteiger partial charge in [0, 0.05) is 0 Å². The third-order valence-electron chi connectivity index (χ3n) is 3.30. The third kappa shape index (κ3) is 1.32. The van der Waals surface area contributed by atoms with Crippen molar-refractivity contribution in [2.45, 2.75) is 6.10 Å². The number of rotatable bonds is 1. The summed E-state index contributed by atoms with van der Waals surface area (Å²) < 4.78 is 16.4. The summed E-state index contributed by atoms with van der Waals surface area (Å²) in [5.41, 5.74) is 2.03. The molecule has 5 heteroatoms. The first-order valence-corrected chi connectivity index (χ1v) is 5.63. The van der Waals surface area contributed by atoms with Gasteiger partial charge in [-0.25, -0.2) is 0 Å². The lowest BCUT2D eigenvalue weighted by Gasteiger charge is -2.10. The molecule has 3 heterocycles. The Morgan fingerprint density at radius 2 is 2.06 bits per heavy atom. The Hall–Kier alpha value is -1.75. The van der Waals surface area contributed by atoms with Crippen molar-refractivity contribution in [3.8, 4) is 11.5 Å². The van der Waals surface area contributed by atoms with Gasteiger partial charge in [-0.1, -0.05) is 11.2 Å². The van der Waals surface area contributed by atoms with Gasteiger partial charge in [0.05, 0.1) is 18.2 Å². The van der Waals surface area contributed by atoms with Crippen LogP contribution in [0.3, 0.4) is 0 Å². The summed E-state index contributed by atoms with van der Waals surface area (Å²) >= 11 is 0. The van der Waals surface area contributed by atoms with Crippen molar-refractivity contribution in [1.82, 2.24) is 0 Å². The van der Waals surface area contributed by atoms with E-state index in [-0.39, 0.29) is 12.9 Å². The number of nitrogens with zero attached hydrogens (tertiary/aromatic N) is 1. The van der Waals surface area contributed by atoms with E-state index in [1.807, 2.05) is 18.2 Å². The lowest BCUT2D eigenvalue weighted by molar-refractivity contribution is 0.0791. The second-order valence-electron chi connectivity index (χ2n) is 4.33. The molecule has 3 aliphatic heterocycles. The van der Waals surface area contributed by atoms with Crippen LogP contribution in [0.15, 0.2) is 23.4 Å². The molecule has 0 radical (unpaired) electrons. The van der Waals surface area contributed by atoms with Crippen molar-refractivity contribution in [3.05, 3.63) is 23.8 Å². The molecule has 0 bridgehead atoms. The van der Waals surface area contributed by atoms with Gasteiger partial charge in [-0.15, -0.1) is 0 Å². The van der Waals surface area contributed by atoms with Crippen LogP contribution in [0.4, 0.5) is 0 Å². The minimum atomic E-state index is -0.1000. The van der Waals surface area contributed by atoms with Crippen molar-refractivity contribution in [2.24, 2.45) is 11.1 Å². The van der Waals surface area contributed by atoms with Gasteiger partial charge >= 0.3 is 0 Å². The fourth-order valence-electron chi connectivity index (χ4n) is 2.40. The average molecular weight is 233 g/mol. The van der Waals surface area contributed by atoms with Gasteiger partial charge in [-0.2, -0.15) is 0 Å². The summed E-state index contributed by atoms with van der Waals surface area (Å²) in [5, 5.41) is 4.07. The first-order valence-electron chi connectivity index (χ1n) is 5.63. The zero-order chi connectivity index (χ0) is 11.2. The molecule has 0 aromatic heterocycles. The largest absolute Gasteiger partial charge is 0.454 e. The lowest BCUT2D eigenvalue weighted by atomic mass is 9.99. The highest BCUT2D eigenvalue weighted by atomic mass is 16.7. The Morgan fingerprint density at radius 3 is 3.06 bits per heavy atom. The van der Waals surface area contributed by atoms with Crippen molar-refractivity contribution >= 4 is 5.71 Å². The third-order valence-corrected chi connectivity index (χ3v) is 3.30. The minimum Gasteiger partial charge on any atom is -0.454 e. The normalized spacial score (nSPS) is 28.8. The van der Waals surface area contributed by atoms with Crippen LogP contribution in [0.5, 0.6) is 11.5 Å². The molecule has 1 fully saturated rings. The van der Waals surface area contributed by atoms with Gasteiger partial charge in [0.1, 0.15) is 12.7 Å². The molecule has 88 valence electrons. The van der Waals surface area contributed by atoms with Gasteiger partial charge in [0.2, 0.25) is 6.79 Å². The van der Waals surface area contributed by atoms with Gasteiger partial charge in [0.15, 0.2) is 11.5 Å². The van der Waals surface area contributed by atoms with E-state index < -0.39 is 0 Å². The highest BCUT2D eigenvalue weighted by Crippen LogP contribution is 2.39. The maximum Gasteiger partial charge on any atom is 0.231 e. The molecule has 0 spiro atoms. The van der Waals surface area contributed by atoms with Crippen LogP contribution >= 0.6 is 0 Å². The maximum atomic E-state index is 5.76. The molecule has 0 saturated carbocycles. The van der Waals surface area contributed by atoms with Gasteiger partial charge in [-0.05, 0) is 17.7 Å². The topological polar surface area (TPSA) is 49.3 Å². The predicted molar refractivity (Wildman–Crippen MR) is 58.1 cm³/mol. The standard InChI is InChI=1S/C12H11NO4/c1-2-9-10(16-6-15-9)3-7(1)12-11-8(4-14-12)5-17-13-11/h1-3,8,12H,4-6H2. The first kappa shape index (κ1) is 9.30. The van der Waals surface area contributed by atoms with E-state index in [9.17, 15) is 0 Å². The summed E-state index contributed by atoms with van der Waals surface area (Å²) in [7, 11) is 0. The van der Waals surface area contributed by atoms with Crippen molar-refractivity contribution in [2.75, 3.05) is 20.0 Å². The van der Waals surface area contributed by atoms with Crippen molar-refractivity contribution in [1.29, 1.82) is 0 Å². The van der Waals surface area contributed by atoms with E-state index in [0.717, 1.165) is 22.8 Å². The fraction of sp³-hybridized carbons (Fsp3) is 0.417. The smallest absolute Gasteiger partial charge is 0.231 e. The van der Waals surface area contributed by atoms with Crippen LogP contribution in [0.2, 0.25) is 0 Å². The first-order chi connectivity index (χ1) is 8.42. The van der Waals surface area contributed by atoms with Crippen LogP contribution in [-0.2, 0) is 9.57 Å². The summed E-state index contributed by atoms with van der Waals surface area (Å²) in [4.78, 5) is 5.11. The van der Waals surface area contributed by atoms with Crippen molar-refractivity contribution in [3.63, 3.8) is 0 Å². The molecule has 0 aliphatic carbocycles. The van der Waals surface area contributed by atoms with Crippen LogP contribution in [0.25, 0.3) is 0 Å². The van der Waals surface area contributed by atoms with E-state index in [1.54, 1.807) is 0 Å². The minimum absolute atomic E-state index is 0.1000. The molecular formula is C12H11NO4. The number of hydrogen-bond donors (Lipinski definition) is 0. The lowest BCUT2D eigenvalue weighted by Crippen LogP contribution is -2.12. The molecule has 1 aromatic rings. The number of ether oxygens (including phenoxy) is 3. The second kappa shape index (κ2) is 3.37. The Labute approximate surface area is 97.9 Å². The Kier molecular flexibility index (Phi) is 1.84. The number of fused-ring (bicyclic) bond motifs is 2. The molecule has 1 saturated heterocycles. The van der Waals surface area contributed by atoms with E-state index >= 15 is 0 Å². The van der Waals surface area contributed by atoms with Gasteiger partial charge in [0.25, 0.3) is 0 Å². The molecule has 2 unspecified atom stereocenters. The molecule has 2 atom stereocenters. The molecule has 4 rings (SSSR count). The zero-order valence-electron chi connectivity index (χ0n) is 9.09. The van der Waals surface area contributed by atoms with Crippen LogP contribution < -0.4 is 9.47 Å². The highest BCUT2D eigenvalue weighted by molar-refractivity contribution is 5.94. The van der Waals surface area contributed by atoms with Crippen LogP contribution in [0, 0.1) is 5.92 Å². The average Bonchev–Trinajstić information content (AvgIpc) is 3.03. The maximum absolute atomic E-state index is 5.76. The van der Waals surface area contributed by atoms with Crippen LogP contribution in [0.1, 0.15) is 11.7 Å². The molecule has 1 aromatic carbocycles. The monoisotopic (exact) mass is 233 g/mol. The van der Waals surface area contributed by atoms with Gasteiger partial charge in [-0.3, -0.25) is 0 Å². The van der Waals surface area contributed by atoms with E-state index in [4.69, 9.17) is 19.0 Å². The SMILES string of the molecule is c1cc2c(cc1C1OCC3CON=C31)OCO2. The predicted octanol–water partition coefficient (Wildman–Crippen LogP) is 1.49. The van der Waals surface area contributed by atoms with E-state index in [2.05, 4.69) is 5.16 Å². The Bertz CT molecular complexity index is 499. The van der Waals surface area contributed by atoms with E-state index in [0.29, 0.717) is 19.1 Å². The molecule has 5 nitrogen and oxygen atoms in total. The molecule has 0 amide bonds. The quantitative estimate of drug-likeness (QED) is 0.737. The summed E-state index contributed by atoms with van der Waals surface area (Å²) in [6.45, 7) is 1.60. The number of oxime groups is 1. The number of hydrogen-bond acceptors (Lipinski definition) is 5. The molecule has 0 N–H and O–H groups in total. The van der Waals surface area contributed by atoms with Gasteiger partial charge < -0.3 is 19.0 Å². The Balaban J connectivity index is 1.71. The molecular weight excluding hydrogens is 222 g/mol.